The van der Waals surface area contributed by atoms with Crippen molar-refractivity contribution in [2.45, 2.75) is 141 Å². The molecule has 0 spiro atoms. The SMILES string of the molecule is O=C(S)CCCCCCCc1cc(CCCCCO)c(CCCCCO)cc1CCCCCCCC(=O)S. The lowest BCUT2D eigenvalue weighted by atomic mass is 9.88. The molecule has 4 nitrogen and oxygen atoms in total. The summed E-state index contributed by atoms with van der Waals surface area (Å²) in [6.07, 6.45) is 22.8. The van der Waals surface area contributed by atoms with E-state index >= 15 is 0 Å². The van der Waals surface area contributed by atoms with E-state index in [1.807, 2.05) is 0 Å². The van der Waals surface area contributed by atoms with Crippen molar-refractivity contribution < 1.29 is 19.8 Å². The Kier molecular flexibility index (Phi) is 22.3. The second-order valence-corrected chi connectivity index (χ2v) is 11.8. The van der Waals surface area contributed by atoms with Crippen molar-refractivity contribution in [1.29, 1.82) is 0 Å². The summed E-state index contributed by atoms with van der Waals surface area (Å²) in [5.41, 5.74) is 5.98. The Hall–Kier alpha value is -0.820. The van der Waals surface area contributed by atoms with Crippen LogP contribution in [0.5, 0.6) is 0 Å². The molecular weight excluding hydrogens is 512 g/mol. The molecule has 0 aliphatic rings. The van der Waals surface area contributed by atoms with Gasteiger partial charge in [0.2, 0.25) is 0 Å². The van der Waals surface area contributed by atoms with Crippen molar-refractivity contribution in [1.82, 2.24) is 0 Å². The van der Waals surface area contributed by atoms with Gasteiger partial charge in [-0.1, -0.05) is 63.5 Å². The fraction of sp³-hybridized carbons (Fsp3) is 0.750. The minimum atomic E-state index is -0.00666. The predicted octanol–water partition coefficient (Wildman–Crippen LogP) is 7.78. The largest absolute Gasteiger partial charge is 0.396 e. The van der Waals surface area contributed by atoms with E-state index in [1.54, 1.807) is 0 Å². The number of carbonyl (C=O) groups excluding carboxylic acids is 2. The highest BCUT2D eigenvalue weighted by atomic mass is 32.1. The molecule has 1 aromatic rings. The Morgan fingerprint density at radius 3 is 1.00 bits per heavy atom. The molecular formula is C32H54O4S2. The first kappa shape index (κ1) is 35.2. The van der Waals surface area contributed by atoms with Gasteiger partial charge in [0.25, 0.3) is 0 Å². The molecule has 0 bridgehead atoms. The van der Waals surface area contributed by atoms with Crippen LogP contribution in [0.15, 0.2) is 12.1 Å². The van der Waals surface area contributed by atoms with Crippen LogP contribution in [-0.2, 0) is 35.3 Å². The third-order valence-electron chi connectivity index (χ3n) is 7.40. The molecule has 1 rings (SSSR count). The van der Waals surface area contributed by atoms with E-state index in [0.29, 0.717) is 12.8 Å². The Morgan fingerprint density at radius 1 is 0.447 bits per heavy atom. The molecule has 0 amide bonds. The second-order valence-electron chi connectivity index (χ2n) is 10.8. The smallest absolute Gasteiger partial charge is 0.185 e. The van der Waals surface area contributed by atoms with Crippen molar-refractivity contribution in [2.75, 3.05) is 13.2 Å². The Balaban J connectivity index is 2.82. The molecule has 0 aromatic heterocycles. The minimum Gasteiger partial charge on any atom is -0.396 e. The zero-order chi connectivity index (χ0) is 27.8. The van der Waals surface area contributed by atoms with E-state index in [0.717, 1.165) is 89.9 Å². The molecule has 0 radical (unpaired) electrons. The topological polar surface area (TPSA) is 74.6 Å². The zero-order valence-electron chi connectivity index (χ0n) is 23.7. The number of carbonyl (C=O) groups is 2. The summed E-state index contributed by atoms with van der Waals surface area (Å²) in [6, 6.07) is 4.99. The first-order valence-corrected chi connectivity index (χ1v) is 16.2. The van der Waals surface area contributed by atoms with Gasteiger partial charge in [0.05, 0.1) is 0 Å². The first-order valence-electron chi connectivity index (χ1n) is 15.3. The summed E-state index contributed by atoms with van der Waals surface area (Å²) in [6.45, 7) is 0.538. The molecule has 0 saturated heterocycles. The summed E-state index contributed by atoms with van der Waals surface area (Å²) in [5.74, 6) is 0. The fourth-order valence-electron chi connectivity index (χ4n) is 5.17. The summed E-state index contributed by atoms with van der Waals surface area (Å²) >= 11 is 7.73. The average Bonchev–Trinajstić information content (AvgIpc) is 2.88. The average molecular weight is 567 g/mol. The Labute approximate surface area is 243 Å². The Bertz CT molecular complexity index is 703. The highest BCUT2D eigenvalue weighted by molar-refractivity contribution is 7.96. The minimum absolute atomic E-state index is 0.00666. The molecule has 6 heteroatoms. The number of hydrogen-bond acceptors (Lipinski definition) is 4. The van der Waals surface area contributed by atoms with Crippen molar-refractivity contribution in [3.63, 3.8) is 0 Å². The van der Waals surface area contributed by atoms with Crippen LogP contribution in [0.3, 0.4) is 0 Å². The van der Waals surface area contributed by atoms with E-state index in [1.165, 1.54) is 60.8 Å². The van der Waals surface area contributed by atoms with Gasteiger partial charge >= 0.3 is 0 Å². The second kappa shape index (κ2) is 24.0. The van der Waals surface area contributed by atoms with Gasteiger partial charge in [-0.2, -0.15) is 0 Å². The third-order valence-corrected chi connectivity index (χ3v) is 7.85. The number of rotatable bonds is 26. The van der Waals surface area contributed by atoms with Crippen molar-refractivity contribution in [3.8, 4) is 0 Å². The van der Waals surface area contributed by atoms with Crippen molar-refractivity contribution in [2.24, 2.45) is 0 Å². The van der Waals surface area contributed by atoms with Gasteiger partial charge < -0.3 is 10.2 Å². The van der Waals surface area contributed by atoms with E-state index in [4.69, 9.17) is 0 Å². The molecule has 0 aliphatic heterocycles. The lowest BCUT2D eigenvalue weighted by molar-refractivity contribution is -0.111. The summed E-state index contributed by atoms with van der Waals surface area (Å²) in [4.78, 5) is 22.1. The van der Waals surface area contributed by atoms with E-state index in [9.17, 15) is 19.8 Å². The van der Waals surface area contributed by atoms with Crippen molar-refractivity contribution in [3.05, 3.63) is 34.4 Å². The number of thiol groups is 2. The number of unbranched alkanes of at least 4 members (excludes halogenated alkanes) is 12. The monoisotopic (exact) mass is 566 g/mol. The van der Waals surface area contributed by atoms with Gasteiger partial charge in [0.1, 0.15) is 0 Å². The van der Waals surface area contributed by atoms with Crippen LogP contribution in [0.25, 0.3) is 0 Å². The van der Waals surface area contributed by atoms with Crippen LogP contribution in [0.1, 0.15) is 138 Å². The standard InChI is InChI=1S/C32H54O4S2/c33-23-15-7-11-19-29-25-27(17-9-3-1-5-13-21-31(35)37)28(26-30(29)20-12-8-16-24-34)18-10-4-2-6-14-22-32(36)38/h25-26,33-34H,1-24H2,(H,35,37)(H,36,38). The van der Waals surface area contributed by atoms with E-state index in [-0.39, 0.29) is 23.4 Å². The van der Waals surface area contributed by atoms with Crippen LogP contribution in [0.2, 0.25) is 0 Å². The molecule has 0 saturated carbocycles. The van der Waals surface area contributed by atoms with Gasteiger partial charge in [-0.3, -0.25) is 9.59 Å². The predicted molar refractivity (Wildman–Crippen MR) is 167 cm³/mol. The highest BCUT2D eigenvalue weighted by Gasteiger charge is 2.11. The quantitative estimate of drug-likeness (QED) is 0.0682. The highest BCUT2D eigenvalue weighted by Crippen LogP contribution is 2.25. The van der Waals surface area contributed by atoms with E-state index < -0.39 is 0 Å². The maximum Gasteiger partial charge on any atom is 0.185 e. The molecule has 218 valence electrons. The van der Waals surface area contributed by atoms with Crippen LogP contribution >= 0.6 is 25.3 Å². The van der Waals surface area contributed by atoms with Crippen molar-refractivity contribution >= 4 is 35.5 Å². The van der Waals surface area contributed by atoms with Gasteiger partial charge in [0, 0.05) is 26.1 Å². The number of aryl methyl sites for hydroxylation is 4. The maximum atomic E-state index is 11.0. The first-order chi connectivity index (χ1) is 18.5. The fourth-order valence-corrected chi connectivity index (χ4v) is 5.49. The van der Waals surface area contributed by atoms with E-state index in [2.05, 4.69) is 37.4 Å². The normalized spacial score (nSPS) is 11.3. The molecule has 0 heterocycles. The summed E-state index contributed by atoms with van der Waals surface area (Å²) in [5, 5.41) is 18.4. The van der Waals surface area contributed by atoms with Crippen LogP contribution in [0, 0.1) is 0 Å². The Morgan fingerprint density at radius 2 is 0.711 bits per heavy atom. The molecule has 0 unspecified atom stereocenters. The van der Waals surface area contributed by atoms with Crippen LogP contribution in [0.4, 0.5) is 0 Å². The lowest BCUT2D eigenvalue weighted by Gasteiger charge is -2.18. The van der Waals surface area contributed by atoms with Gasteiger partial charge in [0.15, 0.2) is 10.2 Å². The lowest BCUT2D eigenvalue weighted by Crippen LogP contribution is -2.04. The van der Waals surface area contributed by atoms with Gasteiger partial charge in [-0.25, -0.2) is 0 Å². The van der Waals surface area contributed by atoms with Crippen LogP contribution < -0.4 is 0 Å². The molecule has 1 aromatic carbocycles. The molecule has 0 aliphatic carbocycles. The van der Waals surface area contributed by atoms with Gasteiger partial charge in [-0.15, -0.1) is 25.3 Å². The van der Waals surface area contributed by atoms with Crippen LogP contribution in [-0.4, -0.2) is 33.7 Å². The van der Waals surface area contributed by atoms with Gasteiger partial charge in [-0.05, 0) is 99.3 Å². The third kappa shape index (κ3) is 18.5. The molecule has 38 heavy (non-hydrogen) atoms. The summed E-state index contributed by atoms with van der Waals surface area (Å²) < 4.78 is 0. The number of benzene rings is 1. The number of hydrogen-bond donors (Lipinski definition) is 4. The zero-order valence-corrected chi connectivity index (χ0v) is 25.5. The molecule has 0 atom stereocenters. The maximum absolute atomic E-state index is 11.0. The number of aliphatic hydroxyl groups excluding tert-OH is 2. The molecule has 0 fully saturated rings. The summed E-state index contributed by atoms with van der Waals surface area (Å²) in [7, 11) is 0. The number of aliphatic hydroxyl groups is 2. The molecule has 2 N–H and O–H groups in total.